The van der Waals surface area contributed by atoms with E-state index in [1.54, 1.807) is 13.4 Å². The molecule has 0 atom stereocenters. The first-order chi connectivity index (χ1) is 8.49. The number of aromatic nitrogens is 4. The third-order valence-electron chi connectivity index (χ3n) is 2.17. The van der Waals surface area contributed by atoms with Gasteiger partial charge in [0.2, 0.25) is 5.95 Å². The summed E-state index contributed by atoms with van der Waals surface area (Å²) in [5.74, 6) is 1.04. The topological polar surface area (TPSA) is 101 Å². The Morgan fingerprint density at radius 3 is 2.89 bits per heavy atom. The van der Waals surface area contributed by atoms with E-state index in [0.29, 0.717) is 22.4 Å². The van der Waals surface area contributed by atoms with Gasteiger partial charge >= 0.3 is 0 Å². The highest BCUT2D eigenvalue weighted by Gasteiger charge is 2.11. The molecule has 2 rings (SSSR count). The number of aromatic amines is 1. The van der Waals surface area contributed by atoms with E-state index in [-0.39, 0.29) is 5.75 Å². The lowest BCUT2D eigenvalue weighted by Gasteiger charge is -2.04. The maximum Gasteiger partial charge on any atom is 0.225 e. The summed E-state index contributed by atoms with van der Waals surface area (Å²) in [6.07, 6.45) is 2.76. The van der Waals surface area contributed by atoms with Crippen molar-refractivity contribution in [3.05, 3.63) is 6.33 Å². The summed E-state index contributed by atoms with van der Waals surface area (Å²) in [7, 11) is -1.23. The number of sulfone groups is 1. The van der Waals surface area contributed by atoms with Gasteiger partial charge in [0, 0.05) is 19.1 Å². The van der Waals surface area contributed by atoms with E-state index in [1.165, 1.54) is 18.0 Å². The molecule has 0 bridgehead atoms. The molecule has 9 heteroatoms. The van der Waals surface area contributed by atoms with Crippen molar-refractivity contribution in [3.8, 4) is 0 Å². The molecule has 0 aliphatic carbocycles. The van der Waals surface area contributed by atoms with Crippen LogP contribution in [0.4, 0.5) is 5.95 Å². The zero-order valence-electron chi connectivity index (χ0n) is 9.97. The third-order valence-corrected chi connectivity index (χ3v) is 4.35. The van der Waals surface area contributed by atoms with Gasteiger partial charge < -0.3 is 10.3 Å². The molecular weight excluding hydrogens is 274 g/mol. The van der Waals surface area contributed by atoms with Crippen LogP contribution >= 0.6 is 11.8 Å². The predicted molar refractivity (Wildman–Crippen MR) is 71.7 cm³/mol. The zero-order chi connectivity index (χ0) is 13.2. The van der Waals surface area contributed by atoms with Crippen LogP contribution in [-0.4, -0.2) is 53.2 Å². The number of thioether (sulfide) groups is 1. The molecule has 0 aromatic carbocycles. The van der Waals surface area contributed by atoms with Crippen LogP contribution in [0.1, 0.15) is 0 Å². The maximum atomic E-state index is 11.1. The van der Waals surface area contributed by atoms with Crippen LogP contribution in [0.15, 0.2) is 11.4 Å². The molecule has 18 heavy (non-hydrogen) atoms. The van der Waals surface area contributed by atoms with Crippen molar-refractivity contribution >= 4 is 38.7 Å². The van der Waals surface area contributed by atoms with Crippen LogP contribution < -0.4 is 5.32 Å². The molecule has 0 saturated carbocycles. The lowest BCUT2D eigenvalue weighted by Crippen LogP contribution is -2.05. The molecule has 2 aromatic rings. The average Bonchev–Trinajstić information content (AvgIpc) is 2.75. The molecule has 0 aliphatic heterocycles. The average molecular weight is 287 g/mol. The van der Waals surface area contributed by atoms with Crippen molar-refractivity contribution in [1.29, 1.82) is 0 Å². The highest BCUT2D eigenvalue weighted by atomic mass is 32.2. The zero-order valence-corrected chi connectivity index (χ0v) is 11.6. The van der Waals surface area contributed by atoms with E-state index in [0.717, 1.165) is 5.52 Å². The minimum Gasteiger partial charge on any atom is -0.357 e. The number of rotatable bonds is 5. The first-order valence-corrected chi connectivity index (χ1v) is 8.23. The fraction of sp³-hybridized carbons (Fsp3) is 0.444. The summed E-state index contributed by atoms with van der Waals surface area (Å²) < 4.78 is 22.2. The Morgan fingerprint density at radius 2 is 2.22 bits per heavy atom. The van der Waals surface area contributed by atoms with Crippen molar-refractivity contribution in [2.75, 3.05) is 30.1 Å². The van der Waals surface area contributed by atoms with E-state index < -0.39 is 9.84 Å². The number of H-pyrrole nitrogens is 1. The van der Waals surface area contributed by atoms with E-state index >= 15 is 0 Å². The number of hydrogen-bond donors (Lipinski definition) is 2. The van der Waals surface area contributed by atoms with Gasteiger partial charge in [-0.1, -0.05) is 0 Å². The quantitative estimate of drug-likeness (QED) is 0.611. The Hall–Kier alpha value is -1.35. The summed E-state index contributed by atoms with van der Waals surface area (Å²) in [6, 6.07) is 0. The van der Waals surface area contributed by atoms with Crippen molar-refractivity contribution in [3.63, 3.8) is 0 Å². The Morgan fingerprint density at radius 1 is 1.44 bits per heavy atom. The van der Waals surface area contributed by atoms with Crippen LogP contribution in [0.2, 0.25) is 0 Å². The molecule has 7 nitrogen and oxygen atoms in total. The number of imidazole rings is 1. The van der Waals surface area contributed by atoms with Crippen LogP contribution in [-0.2, 0) is 9.84 Å². The summed E-state index contributed by atoms with van der Waals surface area (Å²) in [5.41, 5.74) is 1.30. The molecule has 2 aromatic heterocycles. The van der Waals surface area contributed by atoms with E-state index in [1.807, 2.05) is 0 Å². The Bertz CT molecular complexity index is 652. The van der Waals surface area contributed by atoms with Crippen LogP contribution in [0.3, 0.4) is 0 Å². The maximum absolute atomic E-state index is 11.1. The predicted octanol–water partition coefficient (Wildman–Crippen LogP) is 0.531. The molecule has 0 amide bonds. The van der Waals surface area contributed by atoms with Crippen LogP contribution in [0, 0.1) is 0 Å². The fourth-order valence-corrected chi connectivity index (χ4v) is 3.50. The monoisotopic (exact) mass is 287 g/mol. The number of hydrogen-bond acceptors (Lipinski definition) is 7. The minimum atomic E-state index is -2.96. The fourth-order valence-electron chi connectivity index (χ4n) is 1.31. The molecule has 0 radical (unpaired) electrons. The molecule has 2 heterocycles. The molecule has 0 saturated heterocycles. The molecule has 0 spiro atoms. The summed E-state index contributed by atoms with van der Waals surface area (Å²) in [6.45, 7) is 0. The van der Waals surface area contributed by atoms with Gasteiger partial charge in [-0.25, -0.2) is 18.4 Å². The lowest BCUT2D eigenvalue weighted by atomic mass is 10.5. The summed E-state index contributed by atoms with van der Waals surface area (Å²) in [4.78, 5) is 15.5. The molecule has 2 N–H and O–H groups in total. The van der Waals surface area contributed by atoms with Gasteiger partial charge in [0.25, 0.3) is 0 Å². The second-order valence-corrected chi connectivity index (χ2v) is 7.03. The van der Waals surface area contributed by atoms with Gasteiger partial charge in [0.1, 0.15) is 20.4 Å². The summed E-state index contributed by atoms with van der Waals surface area (Å²) >= 11 is 1.37. The molecular formula is C9H13N5O2S2. The Labute approximate surface area is 109 Å². The van der Waals surface area contributed by atoms with Gasteiger partial charge in [0.15, 0.2) is 5.65 Å². The van der Waals surface area contributed by atoms with Crippen LogP contribution in [0.25, 0.3) is 11.2 Å². The van der Waals surface area contributed by atoms with Crippen molar-refractivity contribution in [2.24, 2.45) is 0 Å². The minimum absolute atomic E-state index is 0.117. The largest absolute Gasteiger partial charge is 0.357 e. The third kappa shape index (κ3) is 3.10. The lowest BCUT2D eigenvalue weighted by molar-refractivity contribution is 0.603. The number of fused-ring (bicyclic) bond motifs is 1. The van der Waals surface area contributed by atoms with Gasteiger partial charge in [-0.2, -0.15) is 4.98 Å². The highest BCUT2D eigenvalue weighted by molar-refractivity contribution is 8.00. The SMILES string of the molecule is CNc1nc(SCCS(C)(=O)=O)c2[nH]cnc2n1. The normalized spacial score (nSPS) is 11.9. The molecule has 0 aliphatic rings. The highest BCUT2D eigenvalue weighted by Crippen LogP contribution is 2.24. The van der Waals surface area contributed by atoms with Crippen molar-refractivity contribution in [2.45, 2.75) is 5.03 Å². The van der Waals surface area contributed by atoms with Crippen molar-refractivity contribution < 1.29 is 8.42 Å². The van der Waals surface area contributed by atoms with Gasteiger partial charge in [-0.15, -0.1) is 11.8 Å². The van der Waals surface area contributed by atoms with Crippen molar-refractivity contribution in [1.82, 2.24) is 19.9 Å². The smallest absolute Gasteiger partial charge is 0.225 e. The second-order valence-electron chi connectivity index (χ2n) is 3.68. The molecule has 0 unspecified atom stereocenters. The van der Waals surface area contributed by atoms with E-state index in [4.69, 9.17) is 0 Å². The van der Waals surface area contributed by atoms with E-state index in [2.05, 4.69) is 25.3 Å². The first-order valence-electron chi connectivity index (χ1n) is 5.19. The standard InChI is InChI=1S/C9H13N5O2S2/c1-10-9-13-7-6(11-5-12-7)8(14-9)17-3-4-18(2,15)16/h5H,3-4H2,1-2H3,(H2,10,11,12,13,14). The van der Waals surface area contributed by atoms with Gasteiger partial charge in [0.05, 0.1) is 12.1 Å². The van der Waals surface area contributed by atoms with E-state index in [9.17, 15) is 8.42 Å². The number of anilines is 1. The molecule has 98 valence electrons. The van der Waals surface area contributed by atoms with Gasteiger partial charge in [-0.05, 0) is 0 Å². The number of nitrogens with zero attached hydrogens (tertiary/aromatic N) is 3. The second kappa shape index (κ2) is 5.11. The molecule has 0 fully saturated rings. The first kappa shape index (κ1) is 13.1. The Kier molecular flexibility index (Phi) is 3.71. The number of nitrogens with one attached hydrogen (secondary N) is 2. The Balaban J connectivity index is 2.23. The van der Waals surface area contributed by atoms with Gasteiger partial charge in [-0.3, -0.25) is 0 Å². The van der Waals surface area contributed by atoms with Crippen LogP contribution in [0.5, 0.6) is 0 Å². The summed E-state index contributed by atoms with van der Waals surface area (Å²) in [5, 5.41) is 3.55.